The number of nitrogens with zero attached hydrogens (tertiary/aromatic N) is 1. The summed E-state index contributed by atoms with van der Waals surface area (Å²) in [5.41, 5.74) is 1.45. The van der Waals surface area contributed by atoms with Crippen LogP contribution < -0.4 is 15.6 Å². The smallest absolute Gasteiger partial charge is 0.254 e. The molecule has 1 heterocycles. The number of rotatable bonds is 5. The van der Waals surface area contributed by atoms with Gasteiger partial charge < -0.3 is 5.32 Å². The first-order chi connectivity index (χ1) is 13.3. The Hall–Kier alpha value is -3.00. The van der Waals surface area contributed by atoms with Crippen LogP contribution in [-0.4, -0.2) is 8.78 Å². The molecule has 5 nitrogen and oxygen atoms in total. The highest BCUT2D eigenvalue weighted by Gasteiger charge is 2.15. The lowest BCUT2D eigenvalue weighted by Gasteiger charge is -2.18. The van der Waals surface area contributed by atoms with Crippen molar-refractivity contribution in [1.82, 2.24) is 4.57 Å². The zero-order valence-electron chi connectivity index (χ0n) is 15.5. The molecule has 2 N–H and O–H groups in total. The lowest BCUT2D eigenvalue weighted by atomic mass is 10.2. The van der Waals surface area contributed by atoms with Gasteiger partial charge in [-0.15, -0.1) is 0 Å². The van der Waals surface area contributed by atoms with Gasteiger partial charge in [0.05, 0.1) is 16.3 Å². The number of nitrogens with one attached hydrogen (secondary N) is 2. The molecule has 0 aliphatic rings. The van der Waals surface area contributed by atoms with Crippen LogP contribution in [0.25, 0.3) is 0 Å². The van der Waals surface area contributed by atoms with Crippen LogP contribution in [0.3, 0.4) is 0 Å². The van der Waals surface area contributed by atoms with Crippen LogP contribution in [0.4, 0.5) is 26.0 Å². The summed E-state index contributed by atoms with van der Waals surface area (Å²) in [5, 5.41) is 2.90. The Kier molecular flexibility index (Phi) is 5.60. The van der Waals surface area contributed by atoms with E-state index in [1.807, 2.05) is 0 Å². The molecule has 2 aromatic carbocycles. The highest BCUT2D eigenvalue weighted by molar-refractivity contribution is 7.86. The normalized spacial score (nSPS) is 11.9. The van der Waals surface area contributed by atoms with Gasteiger partial charge >= 0.3 is 0 Å². The van der Waals surface area contributed by atoms with Crippen molar-refractivity contribution in [1.29, 1.82) is 0 Å². The standard InChI is InChI=1S/C20H19F2N3O2S/c1-12-4-9-17(16(22)10-12)23-19-18(11-13(2)20(26)25(19)3)24-28(27)15-7-5-14(21)6-8-15/h4-11,23-24H,1-3H3. The van der Waals surface area contributed by atoms with E-state index in [2.05, 4.69) is 10.0 Å². The molecule has 0 fully saturated rings. The summed E-state index contributed by atoms with van der Waals surface area (Å²) in [4.78, 5) is 12.7. The third-order valence-electron chi connectivity index (χ3n) is 4.20. The van der Waals surface area contributed by atoms with E-state index in [0.29, 0.717) is 16.1 Å². The first-order valence-electron chi connectivity index (χ1n) is 8.44. The summed E-state index contributed by atoms with van der Waals surface area (Å²) >= 11 is 0. The van der Waals surface area contributed by atoms with Crippen LogP contribution in [0.5, 0.6) is 0 Å². The molecule has 0 saturated heterocycles. The van der Waals surface area contributed by atoms with Gasteiger partial charge in [-0.25, -0.2) is 13.0 Å². The molecule has 28 heavy (non-hydrogen) atoms. The van der Waals surface area contributed by atoms with Crippen LogP contribution in [0, 0.1) is 25.5 Å². The SMILES string of the molecule is Cc1ccc(Nc2c(NS(=O)c3ccc(F)cc3)cc(C)c(=O)n2C)c(F)c1. The van der Waals surface area contributed by atoms with E-state index in [-0.39, 0.29) is 17.1 Å². The summed E-state index contributed by atoms with van der Waals surface area (Å²) in [6, 6.07) is 11.4. The van der Waals surface area contributed by atoms with E-state index in [4.69, 9.17) is 0 Å². The van der Waals surface area contributed by atoms with Crippen LogP contribution in [0.2, 0.25) is 0 Å². The third kappa shape index (κ3) is 4.12. The molecule has 0 saturated carbocycles. The van der Waals surface area contributed by atoms with Gasteiger partial charge in [-0.3, -0.25) is 14.1 Å². The molecule has 0 amide bonds. The quantitative estimate of drug-likeness (QED) is 0.673. The van der Waals surface area contributed by atoms with Crippen molar-refractivity contribution in [3.05, 3.63) is 81.6 Å². The Morgan fingerprint density at radius 2 is 1.64 bits per heavy atom. The summed E-state index contributed by atoms with van der Waals surface area (Å²) in [5.74, 6) is -0.650. The highest BCUT2D eigenvalue weighted by atomic mass is 32.2. The Balaban J connectivity index is 2.01. The lowest BCUT2D eigenvalue weighted by Crippen LogP contribution is -2.23. The van der Waals surface area contributed by atoms with Gasteiger partial charge in [0.2, 0.25) is 0 Å². The van der Waals surface area contributed by atoms with E-state index >= 15 is 0 Å². The minimum atomic E-state index is -1.71. The molecular formula is C20H19F2N3O2S. The topological polar surface area (TPSA) is 63.1 Å². The number of anilines is 3. The van der Waals surface area contributed by atoms with E-state index in [9.17, 15) is 17.8 Å². The van der Waals surface area contributed by atoms with Crippen molar-refractivity contribution in [3.63, 3.8) is 0 Å². The summed E-state index contributed by atoms with van der Waals surface area (Å²) in [7, 11) is -0.171. The second-order valence-electron chi connectivity index (χ2n) is 6.39. The lowest BCUT2D eigenvalue weighted by molar-refractivity contribution is 0.626. The maximum atomic E-state index is 14.3. The molecule has 146 valence electrons. The van der Waals surface area contributed by atoms with Crippen molar-refractivity contribution in [2.24, 2.45) is 7.05 Å². The van der Waals surface area contributed by atoms with Gasteiger partial charge in [0, 0.05) is 12.6 Å². The minimum Gasteiger partial charge on any atom is -0.337 e. The molecule has 0 bridgehead atoms. The fraction of sp³-hybridized carbons (Fsp3) is 0.150. The Labute approximate surface area is 163 Å². The van der Waals surface area contributed by atoms with Gasteiger partial charge in [0.25, 0.3) is 5.56 Å². The maximum absolute atomic E-state index is 14.3. The fourth-order valence-electron chi connectivity index (χ4n) is 2.69. The van der Waals surface area contributed by atoms with Crippen LogP contribution in [0.1, 0.15) is 11.1 Å². The molecule has 3 aromatic rings. The van der Waals surface area contributed by atoms with Crippen LogP contribution >= 0.6 is 0 Å². The van der Waals surface area contributed by atoms with Crippen molar-refractivity contribution in [3.8, 4) is 0 Å². The second kappa shape index (κ2) is 7.93. The molecule has 0 radical (unpaired) electrons. The number of aryl methyl sites for hydroxylation is 2. The molecule has 0 spiro atoms. The summed E-state index contributed by atoms with van der Waals surface area (Å²) < 4.78 is 44.1. The van der Waals surface area contributed by atoms with Gasteiger partial charge in [0.1, 0.15) is 28.4 Å². The maximum Gasteiger partial charge on any atom is 0.254 e. The third-order valence-corrected chi connectivity index (χ3v) is 5.31. The molecule has 1 aromatic heterocycles. The first kappa shape index (κ1) is 19.8. The van der Waals surface area contributed by atoms with Gasteiger partial charge in [-0.05, 0) is 61.9 Å². The molecule has 8 heteroatoms. The number of pyridine rings is 1. The minimum absolute atomic E-state index is 0.181. The number of halogens is 2. The monoisotopic (exact) mass is 403 g/mol. The first-order valence-corrected chi connectivity index (χ1v) is 9.59. The van der Waals surface area contributed by atoms with Crippen molar-refractivity contribution >= 4 is 28.2 Å². The van der Waals surface area contributed by atoms with Crippen LogP contribution in [0.15, 0.2) is 58.2 Å². The molecule has 0 aliphatic heterocycles. The van der Waals surface area contributed by atoms with Crippen molar-refractivity contribution in [2.45, 2.75) is 18.7 Å². The molecule has 3 rings (SSSR count). The average Bonchev–Trinajstić information content (AvgIpc) is 2.65. The summed E-state index contributed by atoms with van der Waals surface area (Å²) in [6.45, 7) is 3.40. The Morgan fingerprint density at radius 3 is 2.29 bits per heavy atom. The largest absolute Gasteiger partial charge is 0.337 e. The predicted octanol–water partition coefficient (Wildman–Crippen LogP) is 4.16. The van der Waals surface area contributed by atoms with Crippen molar-refractivity contribution < 1.29 is 13.0 Å². The second-order valence-corrected chi connectivity index (χ2v) is 7.60. The zero-order chi connectivity index (χ0) is 20.4. The Bertz CT molecular complexity index is 1110. The number of aromatic nitrogens is 1. The van der Waals surface area contributed by atoms with Gasteiger partial charge in [-0.2, -0.15) is 0 Å². The Morgan fingerprint density at radius 1 is 0.964 bits per heavy atom. The fourth-order valence-corrected chi connectivity index (χ4v) is 3.54. The number of hydrogen-bond donors (Lipinski definition) is 2. The molecule has 0 aliphatic carbocycles. The van der Waals surface area contributed by atoms with E-state index < -0.39 is 22.6 Å². The highest BCUT2D eigenvalue weighted by Crippen LogP contribution is 2.28. The molecular weight excluding hydrogens is 384 g/mol. The number of benzene rings is 2. The number of hydrogen-bond acceptors (Lipinski definition) is 3. The van der Waals surface area contributed by atoms with Crippen molar-refractivity contribution in [2.75, 3.05) is 10.0 Å². The van der Waals surface area contributed by atoms with E-state index in [1.54, 1.807) is 26.0 Å². The van der Waals surface area contributed by atoms with Gasteiger partial charge in [-0.1, -0.05) is 6.07 Å². The molecule has 1 atom stereocenters. The predicted molar refractivity (Wildman–Crippen MR) is 107 cm³/mol. The van der Waals surface area contributed by atoms with Gasteiger partial charge in [0.15, 0.2) is 0 Å². The molecule has 1 unspecified atom stereocenters. The average molecular weight is 403 g/mol. The zero-order valence-corrected chi connectivity index (χ0v) is 16.4. The van der Waals surface area contributed by atoms with E-state index in [0.717, 1.165) is 5.56 Å². The summed E-state index contributed by atoms with van der Waals surface area (Å²) in [6.07, 6.45) is 0. The van der Waals surface area contributed by atoms with Crippen LogP contribution in [-0.2, 0) is 18.0 Å². The van der Waals surface area contributed by atoms with E-state index in [1.165, 1.54) is 48.0 Å².